The van der Waals surface area contributed by atoms with Crippen molar-refractivity contribution in [1.29, 1.82) is 0 Å². The number of amides is 1. The molecule has 0 radical (unpaired) electrons. The predicted octanol–water partition coefficient (Wildman–Crippen LogP) is 2.58. The molecule has 2 heterocycles. The molecule has 124 valence electrons. The number of nitrogens with one attached hydrogen (secondary N) is 1. The second-order valence-corrected chi connectivity index (χ2v) is 6.76. The van der Waals surface area contributed by atoms with E-state index in [0.29, 0.717) is 11.2 Å². The fourth-order valence-electron chi connectivity index (χ4n) is 2.20. The van der Waals surface area contributed by atoms with Crippen molar-refractivity contribution in [3.63, 3.8) is 0 Å². The topological polar surface area (TPSA) is 80.5 Å². The maximum atomic E-state index is 12.8. The smallest absolute Gasteiger partial charge is 0.322 e. The molecule has 24 heavy (non-hydrogen) atoms. The maximum absolute atomic E-state index is 12.8. The van der Waals surface area contributed by atoms with Crippen molar-refractivity contribution in [2.75, 3.05) is 5.32 Å². The minimum Gasteiger partial charge on any atom is -0.322 e. The van der Waals surface area contributed by atoms with Crippen LogP contribution in [-0.4, -0.2) is 29.7 Å². The van der Waals surface area contributed by atoms with Crippen LogP contribution in [0.2, 0.25) is 0 Å². The van der Waals surface area contributed by atoms with E-state index in [9.17, 15) is 22.0 Å². The summed E-state index contributed by atoms with van der Waals surface area (Å²) >= 11 is 0. The number of nitrogens with zero attached hydrogens (tertiary/aromatic N) is 2. The Morgan fingerprint density at radius 1 is 1.17 bits per heavy atom. The van der Waals surface area contributed by atoms with Crippen LogP contribution in [0, 0.1) is 0 Å². The molecule has 0 aliphatic carbocycles. The van der Waals surface area contributed by atoms with Crippen molar-refractivity contribution in [2.45, 2.75) is 10.7 Å². The summed E-state index contributed by atoms with van der Waals surface area (Å²) in [6.45, 7) is 0. The molecule has 3 rings (SSSR count). The highest BCUT2D eigenvalue weighted by Gasteiger charge is 2.30. The molecule has 0 atom stereocenters. The van der Waals surface area contributed by atoms with Gasteiger partial charge in [0.2, 0.25) is 9.84 Å². The zero-order chi connectivity index (χ0) is 17.3. The molecule has 0 unspecified atom stereocenters. The van der Waals surface area contributed by atoms with E-state index in [4.69, 9.17) is 0 Å². The van der Waals surface area contributed by atoms with E-state index in [-0.39, 0.29) is 5.56 Å². The summed E-state index contributed by atoms with van der Waals surface area (Å²) in [5, 5.41) is 6.51. The first-order valence-corrected chi connectivity index (χ1v) is 8.30. The standard InChI is InChI=1S/C15H11F2N3O3S/c16-15(17)24(22,23)13-4-2-1-3-12(13)14(21)19-10-6-8-20-11(9-10)5-7-18-20/h1-9,15H,(H,19,21). The van der Waals surface area contributed by atoms with E-state index in [0.717, 1.165) is 6.07 Å². The lowest BCUT2D eigenvalue weighted by molar-refractivity contribution is 0.102. The lowest BCUT2D eigenvalue weighted by atomic mass is 10.2. The lowest BCUT2D eigenvalue weighted by Gasteiger charge is -2.10. The number of rotatable bonds is 4. The number of aromatic nitrogens is 2. The van der Waals surface area contributed by atoms with Crippen molar-refractivity contribution in [2.24, 2.45) is 0 Å². The van der Waals surface area contributed by atoms with Gasteiger partial charge in [0.05, 0.1) is 16.0 Å². The van der Waals surface area contributed by atoms with Gasteiger partial charge >= 0.3 is 5.76 Å². The lowest BCUT2D eigenvalue weighted by Crippen LogP contribution is -2.19. The van der Waals surface area contributed by atoms with Crippen molar-refractivity contribution in [3.05, 3.63) is 60.4 Å². The van der Waals surface area contributed by atoms with Gasteiger partial charge in [0, 0.05) is 18.1 Å². The molecule has 0 bridgehead atoms. The van der Waals surface area contributed by atoms with Gasteiger partial charge in [-0.3, -0.25) is 4.79 Å². The summed E-state index contributed by atoms with van der Waals surface area (Å²) in [5.41, 5.74) is 0.754. The highest BCUT2D eigenvalue weighted by atomic mass is 32.2. The molecule has 0 spiro atoms. The van der Waals surface area contributed by atoms with Crippen LogP contribution < -0.4 is 5.32 Å². The van der Waals surface area contributed by atoms with Gasteiger partial charge in [-0.25, -0.2) is 12.9 Å². The van der Waals surface area contributed by atoms with E-state index in [1.54, 1.807) is 35.1 Å². The number of hydrogen-bond acceptors (Lipinski definition) is 4. The Balaban J connectivity index is 1.96. The molecule has 6 nitrogen and oxygen atoms in total. The van der Waals surface area contributed by atoms with Crippen molar-refractivity contribution in [3.8, 4) is 0 Å². The SMILES string of the molecule is O=C(Nc1ccn2nccc2c1)c1ccccc1S(=O)(=O)C(F)F. The van der Waals surface area contributed by atoms with Crippen LogP contribution in [0.5, 0.6) is 0 Å². The Labute approximate surface area is 135 Å². The number of sulfone groups is 1. The Morgan fingerprint density at radius 3 is 2.67 bits per heavy atom. The van der Waals surface area contributed by atoms with E-state index in [2.05, 4.69) is 10.4 Å². The third kappa shape index (κ3) is 2.85. The molecule has 1 aromatic carbocycles. The molecular weight excluding hydrogens is 340 g/mol. The summed E-state index contributed by atoms with van der Waals surface area (Å²) < 4.78 is 50.5. The highest BCUT2D eigenvalue weighted by molar-refractivity contribution is 7.91. The van der Waals surface area contributed by atoms with E-state index >= 15 is 0 Å². The third-order valence-electron chi connectivity index (χ3n) is 3.33. The number of fused-ring (bicyclic) bond motifs is 1. The highest BCUT2D eigenvalue weighted by Crippen LogP contribution is 2.23. The molecule has 0 aliphatic heterocycles. The zero-order valence-corrected chi connectivity index (χ0v) is 12.9. The summed E-state index contributed by atoms with van der Waals surface area (Å²) in [6, 6.07) is 9.74. The van der Waals surface area contributed by atoms with Crippen LogP contribution >= 0.6 is 0 Å². The van der Waals surface area contributed by atoms with Crippen LogP contribution in [0.15, 0.2) is 59.8 Å². The Hall–Kier alpha value is -2.81. The van der Waals surface area contributed by atoms with Gasteiger partial charge < -0.3 is 5.32 Å². The molecule has 0 saturated carbocycles. The quantitative estimate of drug-likeness (QED) is 0.783. The van der Waals surface area contributed by atoms with E-state index in [1.165, 1.54) is 18.2 Å². The number of carbonyl (C=O) groups excluding carboxylic acids is 1. The van der Waals surface area contributed by atoms with Gasteiger partial charge in [-0.1, -0.05) is 12.1 Å². The van der Waals surface area contributed by atoms with Gasteiger partial charge in [0.1, 0.15) is 0 Å². The van der Waals surface area contributed by atoms with Gasteiger partial charge in [-0.2, -0.15) is 13.9 Å². The minimum atomic E-state index is -4.88. The predicted molar refractivity (Wildman–Crippen MR) is 82.8 cm³/mol. The first kappa shape index (κ1) is 16.1. The Bertz CT molecular complexity index is 1020. The average molecular weight is 351 g/mol. The van der Waals surface area contributed by atoms with Crippen LogP contribution in [0.4, 0.5) is 14.5 Å². The molecule has 1 amide bonds. The van der Waals surface area contributed by atoms with E-state index < -0.39 is 26.4 Å². The van der Waals surface area contributed by atoms with E-state index in [1.807, 2.05) is 0 Å². The van der Waals surface area contributed by atoms with Gasteiger partial charge in [0.15, 0.2) is 0 Å². The van der Waals surface area contributed by atoms with Crippen LogP contribution in [0.3, 0.4) is 0 Å². The number of pyridine rings is 1. The number of anilines is 1. The summed E-state index contributed by atoms with van der Waals surface area (Å²) in [5.74, 6) is -4.40. The first-order valence-electron chi connectivity index (χ1n) is 6.75. The minimum absolute atomic E-state index is 0.341. The molecule has 0 aliphatic rings. The Morgan fingerprint density at radius 2 is 1.92 bits per heavy atom. The monoisotopic (exact) mass is 351 g/mol. The fraction of sp³-hybridized carbons (Fsp3) is 0.0667. The van der Waals surface area contributed by atoms with Gasteiger partial charge in [0.25, 0.3) is 5.91 Å². The number of benzene rings is 1. The second-order valence-electron chi connectivity index (χ2n) is 4.87. The third-order valence-corrected chi connectivity index (χ3v) is 4.77. The maximum Gasteiger partial charge on any atom is 0.341 e. The molecule has 3 aromatic rings. The molecule has 1 N–H and O–H groups in total. The largest absolute Gasteiger partial charge is 0.341 e. The molecule has 2 aromatic heterocycles. The van der Waals surface area contributed by atoms with Gasteiger partial charge in [-0.15, -0.1) is 0 Å². The molecule has 0 saturated heterocycles. The molecular formula is C15H11F2N3O3S. The average Bonchev–Trinajstić information content (AvgIpc) is 3.02. The van der Waals surface area contributed by atoms with Gasteiger partial charge in [-0.05, 0) is 30.3 Å². The normalized spacial score (nSPS) is 11.8. The van der Waals surface area contributed by atoms with Crippen molar-refractivity contribution < 1.29 is 22.0 Å². The number of halogens is 2. The fourth-order valence-corrected chi connectivity index (χ4v) is 3.12. The van der Waals surface area contributed by atoms with Crippen LogP contribution in [0.1, 0.15) is 10.4 Å². The summed E-state index contributed by atoms with van der Waals surface area (Å²) in [6.07, 6.45) is 3.18. The molecule has 0 fully saturated rings. The second kappa shape index (κ2) is 6.00. The molecule has 9 heteroatoms. The number of alkyl halides is 2. The van der Waals surface area contributed by atoms with Crippen molar-refractivity contribution in [1.82, 2.24) is 9.61 Å². The van der Waals surface area contributed by atoms with Crippen LogP contribution in [0.25, 0.3) is 5.52 Å². The van der Waals surface area contributed by atoms with Crippen molar-refractivity contribution >= 4 is 26.9 Å². The number of hydrogen-bond donors (Lipinski definition) is 1. The number of carbonyl (C=O) groups is 1. The summed E-state index contributed by atoms with van der Waals surface area (Å²) in [7, 11) is -4.88. The zero-order valence-electron chi connectivity index (χ0n) is 12.1. The first-order chi connectivity index (χ1) is 11.4. The summed E-state index contributed by atoms with van der Waals surface area (Å²) in [4.78, 5) is 11.6. The Kier molecular flexibility index (Phi) is 4.02. The van der Waals surface area contributed by atoms with Crippen LogP contribution in [-0.2, 0) is 9.84 Å².